The van der Waals surface area contributed by atoms with Crippen molar-refractivity contribution in [1.82, 2.24) is 10.3 Å². The molecule has 4 aromatic rings. The maximum Gasteiger partial charge on any atom is 0.277 e. The van der Waals surface area contributed by atoms with E-state index < -0.39 is 27.1 Å². The molecule has 0 aliphatic heterocycles. The van der Waals surface area contributed by atoms with Crippen molar-refractivity contribution in [1.29, 1.82) is 0 Å². The summed E-state index contributed by atoms with van der Waals surface area (Å²) in [6.07, 6.45) is 1.03. The number of fused-ring (bicyclic) bond motifs is 1. The first-order chi connectivity index (χ1) is 17.6. The molecule has 0 spiro atoms. The number of carbonyl (C=O) groups excluding carboxylic acids is 1. The molecule has 2 N–H and O–H groups in total. The van der Waals surface area contributed by atoms with E-state index in [2.05, 4.69) is 29.5 Å². The van der Waals surface area contributed by atoms with Crippen molar-refractivity contribution in [2.75, 3.05) is 5.32 Å². The molecule has 0 radical (unpaired) electrons. The molecule has 0 fully saturated rings. The van der Waals surface area contributed by atoms with Crippen LogP contribution in [-0.2, 0) is 0 Å². The summed E-state index contributed by atoms with van der Waals surface area (Å²) in [5.74, 6) is 0.0570. The number of hydrogen-bond donors (Lipinski definition) is 2. The lowest BCUT2D eigenvalue weighted by Crippen LogP contribution is -2.34. The molecule has 188 valence electrons. The summed E-state index contributed by atoms with van der Waals surface area (Å²) in [6, 6.07) is 15.6. The summed E-state index contributed by atoms with van der Waals surface area (Å²) >= 11 is 5.15. The average molecular weight is 520 g/mol. The fourth-order valence-electron chi connectivity index (χ4n) is 3.58. The number of carbonyl (C=O) groups is 1. The van der Waals surface area contributed by atoms with Gasteiger partial charge < -0.3 is 9.73 Å². The Morgan fingerprint density at radius 3 is 2.27 bits per heavy atom. The predicted molar refractivity (Wildman–Crippen MR) is 142 cm³/mol. The largest absolute Gasteiger partial charge is 0.436 e. The van der Waals surface area contributed by atoms with Crippen LogP contribution in [0.1, 0.15) is 42.1 Å². The molecule has 1 atom stereocenters. The Labute approximate surface area is 215 Å². The highest BCUT2D eigenvalue weighted by Gasteiger charge is 2.20. The van der Waals surface area contributed by atoms with Gasteiger partial charge in [0.2, 0.25) is 5.89 Å². The third-order valence-electron chi connectivity index (χ3n) is 5.80. The highest BCUT2D eigenvalue weighted by atomic mass is 32.1. The summed E-state index contributed by atoms with van der Waals surface area (Å²) in [5, 5.41) is 27.2. The Hall–Kier alpha value is -4.71. The molecule has 0 aliphatic rings. The third kappa shape index (κ3) is 5.76. The number of anilines is 1. The van der Waals surface area contributed by atoms with Gasteiger partial charge in [0.1, 0.15) is 5.52 Å². The SMILES string of the molecule is CCC(C)c1ccc2oc(-c3ccc(NC(=S)NC(=O)c4cc([N+](=O)[O-])cc([N+](=O)[O-])c4)cc3)nc2c1. The number of rotatable bonds is 7. The lowest BCUT2D eigenvalue weighted by Gasteiger charge is -2.10. The van der Waals surface area contributed by atoms with Gasteiger partial charge in [-0.2, -0.15) is 0 Å². The van der Waals surface area contributed by atoms with Crippen LogP contribution in [0.2, 0.25) is 0 Å². The second-order valence-corrected chi connectivity index (χ2v) is 8.70. The van der Waals surface area contributed by atoms with Crippen LogP contribution >= 0.6 is 12.2 Å². The topological polar surface area (TPSA) is 153 Å². The molecular weight excluding hydrogens is 498 g/mol. The van der Waals surface area contributed by atoms with Gasteiger partial charge >= 0.3 is 0 Å². The van der Waals surface area contributed by atoms with E-state index in [9.17, 15) is 25.0 Å². The van der Waals surface area contributed by atoms with E-state index >= 15 is 0 Å². The number of thiocarbonyl (C=S) groups is 1. The van der Waals surface area contributed by atoms with Crippen molar-refractivity contribution < 1.29 is 19.1 Å². The highest BCUT2D eigenvalue weighted by molar-refractivity contribution is 7.80. The summed E-state index contributed by atoms with van der Waals surface area (Å²) in [5.41, 5.74) is 2.53. The molecule has 0 saturated carbocycles. The monoisotopic (exact) mass is 519 g/mol. The summed E-state index contributed by atoms with van der Waals surface area (Å²) in [6.45, 7) is 4.30. The molecule has 1 aromatic heterocycles. The first-order valence-electron chi connectivity index (χ1n) is 11.2. The van der Waals surface area contributed by atoms with Crippen molar-refractivity contribution >= 4 is 51.4 Å². The molecular formula is C25H21N5O6S. The van der Waals surface area contributed by atoms with E-state index in [0.717, 1.165) is 35.7 Å². The van der Waals surface area contributed by atoms with Gasteiger partial charge in [-0.1, -0.05) is 19.9 Å². The van der Waals surface area contributed by atoms with Gasteiger partial charge in [-0.05, 0) is 66.5 Å². The van der Waals surface area contributed by atoms with Crippen LogP contribution in [0.5, 0.6) is 0 Å². The van der Waals surface area contributed by atoms with Crippen LogP contribution in [0.4, 0.5) is 17.1 Å². The number of benzene rings is 3. The normalized spacial score (nSPS) is 11.6. The van der Waals surface area contributed by atoms with E-state index in [4.69, 9.17) is 16.6 Å². The molecule has 0 aliphatic carbocycles. The minimum atomic E-state index is -0.829. The molecule has 0 saturated heterocycles. The van der Waals surface area contributed by atoms with E-state index in [1.165, 1.54) is 5.56 Å². The Morgan fingerprint density at radius 1 is 1.03 bits per heavy atom. The average Bonchev–Trinajstić information content (AvgIpc) is 3.31. The maximum atomic E-state index is 12.5. The second-order valence-electron chi connectivity index (χ2n) is 8.29. The van der Waals surface area contributed by atoms with Gasteiger partial charge in [-0.15, -0.1) is 0 Å². The first kappa shape index (κ1) is 25.4. The van der Waals surface area contributed by atoms with Crippen LogP contribution in [0.3, 0.4) is 0 Å². The number of aromatic nitrogens is 1. The van der Waals surface area contributed by atoms with Gasteiger partial charge in [-0.25, -0.2) is 4.98 Å². The fraction of sp³-hybridized carbons (Fsp3) is 0.160. The van der Waals surface area contributed by atoms with Crippen molar-refractivity contribution in [2.24, 2.45) is 0 Å². The molecule has 1 unspecified atom stereocenters. The quantitative estimate of drug-likeness (QED) is 0.171. The van der Waals surface area contributed by atoms with Crippen LogP contribution < -0.4 is 10.6 Å². The van der Waals surface area contributed by atoms with Crippen molar-refractivity contribution in [3.05, 3.63) is 92.0 Å². The number of nitro benzene ring substituents is 2. The Bertz CT molecular complexity index is 1500. The van der Waals surface area contributed by atoms with Gasteiger partial charge in [-0.3, -0.25) is 30.3 Å². The molecule has 37 heavy (non-hydrogen) atoms. The van der Waals surface area contributed by atoms with E-state index in [1.807, 2.05) is 18.2 Å². The standard InChI is InChI=1S/C25H21N5O6S/c1-3-14(2)16-6-9-22-21(12-16)27-24(36-22)15-4-7-18(8-5-15)26-25(37)28-23(31)17-10-19(29(32)33)13-20(11-17)30(34)35/h4-14H,3H2,1-2H3,(H2,26,28,31,37). The molecule has 3 aromatic carbocycles. The second kappa shape index (κ2) is 10.5. The first-order valence-corrected chi connectivity index (χ1v) is 11.6. The zero-order valence-corrected chi connectivity index (χ0v) is 20.6. The van der Waals surface area contributed by atoms with Crippen molar-refractivity contribution in [3.63, 3.8) is 0 Å². The number of nitrogens with one attached hydrogen (secondary N) is 2. The lowest BCUT2D eigenvalue weighted by molar-refractivity contribution is -0.394. The van der Waals surface area contributed by atoms with Gasteiger partial charge in [0.25, 0.3) is 17.3 Å². The number of hydrogen-bond acceptors (Lipinski definition) is 8. The summed E-state index contributed by atoms with van der Waals surface area (Å²) in [4.78, 5) is 37.6. The minimum absolute atomic E-state index is 0.0913. The third-order valence-corrected chi connectivity index (χ3v) is 6.00. The number of nitrogens with zero attached hydrogens (tertiary/aromatic N) is 3. The smallest absolute Gasteiger partial charge is 0.277 e. The zero-order chi connectivity index (χ0) is 26.7. The Kier molecular flexibility index (Phi) is 7.20. The fourth-order valence-corrected chi connectivity index (χ4v) is 3.79. The zero-order valence-electron chi connectivity index (χ0n) is 19.8. The Morgan fingerprint density at radius 2 is 1.68 bits per heavy atom. The van der Waals surface area contributed by atoms with Crippen LogP contribution in [-0.4, -0.2) is 25.9 Å². The maximum absolute atomic E-state index is 12.5. The highest BCUT2D eigenvalue weighted by Crippen LogP contribution is 2.28. The van der Waals surface area contributed by atoms with Crippen LogP contribution in [0, 0.1) is 20.2 Å². The molecule has 11 nitrogen and oxygen atoms in total. The molecule has 12 heteroatoms. The Balaban J connectivity index is 1.45. The number of non-ortho nitro benzene ring substituents is 2. The lowest BCUT2D eigenvalue weighted by atomic mass is 9.98. The minimum Gasteiger partial charge on any atom is -0.436 e. The van der Waals surface area contributed by atoms with Gasteiger partial charge in [0.05, 0.1) is 21.5 Å². The van der Waals surface area contributed by atoms with Crippen LogP contribution in [0.25, 0.3) is 22.6 Å². The predicted octanol–water partition coefficient (Wildman–Crippen LogP) is 5.95. The summed E-state index contributed by atoms with van der Waals surface area (Å²) < 4.78 is 5.89. The number of nitro groups is 2. The number of amides is 1. The van der Waals surface area contributed by atoms with Gasteiger partial charge in [0, 0.05) is 23.4 Å². The van der Waals surface area contributed by atoms with E-state index in [0.29, 0.717) is 23.1 Å². The van der Waals surface area contributed by atoms with Crippen LogP contribution in [0.15, 0.2) is 65.1 Å². The summed E-state index contributed by atoms with van der Waals surface area (Å²) in [7, 11) is 0. The molecule has 1 heterocycles. The molecule has 0 bridgehead atoms. The van der Waals surface area contributed by atoms with Crippen molar-refractivity contribution in [3.8, 4) is 11.5 Å². The molecule has 1 amide bonds. The van der Waals surface area contributed by atoms with Gasteiger partial charge in [0.15, 0.2) is 10.7 Å². The van der Waals surface area contributed by atoms with Crippen molar-refractivity contribution in [2.45, 2.75) is 26.2 Å². The molecule has 4 rings (SSSR count). The van der Waals surface area contributed by atoms with E-state index in [1.54, 1.807) is 24.3 Å². The van der Waals surface area contributed by atoms with E-state index in [-0.39, 0.29) is 10.7 Å². The number of oxazole rings is 1.